The molecule has 5 rings (SSSR count). The number of unbranched alkanes of at least 4 members (excludes halogenated alkanes) is 2. The van der Waals surface area contributed by atoms with E-state index < -0.39 is 0 Å². The summed E-state index contributed by atoms with van der Waals surface area (Å²) in [6.45, 7) is 6.32. The van der Waals surface area contributed by atoms with Crippen LogP contribution in [0.25, 0.3) is 6.08 Å². The third-order valence-corrected chi connectivity index (χ3v) is 7.70. The Hall–Kier alpha value is -3.28. The first kappa shape index (κ1) is 25.4. The van der Waals surface area contributed by atoms with E-state index in [9.17, 15) is 4.79 Å². The highest BCUT2D eigenvalue weighted by atomic mass is 16.1. The van der Waals surface area contributed by atoms with Crippen molar-refractivity contribution in [2.75, 3.05) is 39.3 Å². The molecule has 1 amide bonds. The molecule has 0 bridgehead atoms. The van der Waals surface area contributed by atoms with Crippen LogP contribution in [0, 0.1) is 0 Å². The summed E-state index contributed by atoms with van der Waals surface area (Å²) in [7, 11) is 0. The molecular formula is C32H38N4O. The first-order valence-corrected chi connectivity index (χ1v) is 13.8. The van der Waals surface area contributed by atoms with E-state index in [-0.39, 0.29) is 5.91 Å². The van der Waals surface area contributed by atoms with Gasteiger partial charge in [0.15, 0.2) is 0 Å². The fraction of sp³-hybridized carbons (Fsp3) is 0.375. The maximum Gasteiger partial charge on any atom is 0.243 e. The van der Waals surface area contributed by atoms with Crippen molar-refractivity contribution in [3.63, 3.8) is 0 Å². The summed E-state index contributed by atoms with van der Waals surface area (Å²) in [5, 5.41) is 2.99. The van der Waals surface area contributed by atoms with Gasteiger partial charge in [0.1, 0.15) is 0 Å². The predicted molar refractivity (Wildman–Crippen MR) is 150 cm³/mol. The van der Waals surface area contributed by atoms with Gasteiger partial charge in [0.2, 0.25) is 5.91 Å². The van der Waals surface area contributed by atoms with E-state index in [1.54, 1.807) is 24.5 Å². The van der Waals surface area contributed by atoms with Crippen molar-refractivity contribution in [2.24, 2.45) is 0 Å². The summed E-state index contributed by atoms with van der Waals surface area (Å²) in [5.41, 5.74) is 6.94. The van der Waals surface area contributed by atoms with Crippen LogP contribution in [0.1, 0.15) is 53.1 Å². The number of hydrogen-bond acceptors (Lipinski definition) is 4. The van der Waals surface area contributed by atoms with Gasteiger partial charge in [-0.3, -0.25) is 14.7 Å². The largest absolute Gasteiger partial charge is 0.353 e. The molecule has 192 valence electrons. The maximum absolute atomic E-state index is 12.0. The molecule has 1 N–H and O–H groups in total. The molecule has 37 heavy (non-hydrogen) atoms. The van der Waals surface area contributed by atoms with Crippen LogP contribution >= 0.6 is 0 Å². The molecule has 0 spiro atoms. The molecule has 0 radical (unpaired) electrons. The number of fused-ring (bicyclic) bond motifs is 2. The van der Waals surface area contributed by atoms with Crippen LogP contribution in [0.15, 0.2) is 79.1 Å². The molecule has 0 unspecified atom stereocenters. The van der Waals surface area contributed by atoms with E-state index in [4.69, 9.17) is 0 Å². The highest BCUT2D eigenvalue weighted by molar-refractivity contribution is 5.91. The zero-order valence-electron chi connectivity index (χ0n) is 21.7. The summed E-state index contributed by atoms with van der Waals surface area (Å²) in [6, 6.07) is 22.3. The zero-order valence-corrected chi connectivity index (χ0v) is 21.7. The summed E-state index contributed by atoms with van der Waals surface area (Å²) in [5.74, 6) is -0.0402. The molecule has 3 aromatic rings. The molecule has 5 nitrogen and oxygen atoms in total. The molecule has 1 aliphatic heterocycles. The van der Waals surface area contributed by atoms with E-state index in [1.807, 2.05) is 12.1 Å². The Morgan fingerprint density at radius 3 is 2.24 bits per heavy atom. The van der Waals surface area contributed by atoms with Crippen molar-refractivity contribution in [3.05, 3.63) is 107 Å². The minimum absolute atomic E-state index is 0.0402. The van der Waals surface area contributed by atoms with Crippen molar-refractivity contribution < 1.29 is 4.79 Å². The van der Waals surface area contributed by atoms with Gasteiger partial charge in [0.05, 0.1) is 6.04 Å². The minimum atomic E-state index is -0.0402. The molecule has 0 saturated carbocycles. The van der Waals surface area contributed by atoms with E-state index >= 15 is 0 Å². The Labute approximate surface area is 221 Å². The standard InChI is InChI=1S/C32H38N4O/c37-31(17-14-26-9-8-18-33-25-26)34-19-6-1-7-20-35-21-23-36(24-22-35)32-29-12-4-2-10-27(29)15-16-28-11-3-5-13-30(28)32/h2-5,8-14,17-18,25,32H,1,6-7,15-16,19-24H2,(H,34,37). The number of aryl methyl sites for hydroxylation is 2. The van der Waals surface area contributed by atoms with Gasteiger partial charge in [0, 0.05) is 51.2 Å². The highest BCUT2D eigenvalue weighted by Gasteiger charge is 2.30. The fourth-order valence-corrected chi connectivity index (χ4v) is 5.69. The Kier molecular flexibility index (Phi) is 8.78. The van der Waals surface area contributed by atoms with Gasteiger partial charge >= 0.3 is 0 Å². The highest BCUT2D eigenvalue weighted by Crippen LogP contribution is 2.37. The quantitative estimate of drug-likeness (QED) is 0.340. The van der Waals surface area contributed by atoms with Gasteiger partial charge in [-0.25, -0.2) is 0 Å². The molecule has 1 fully saturated rings. The topological polar surface area (TPSA) is 48.5 Å². The van der Waals surface area contributed by atoms with Gasteiger partial charge in [-0.05, 0) is 72.2 Å². The second-order valence-electron chi connectivity index (χ2n) is 10.1. The molecular weight excluding hydrogens is 456 g/mol. The third kappa shape index (κ3) is 6.73. The third-order valence-electron chi connectivity index (χ3n) is 7.70. The molecule has 1 aromatic heterocycles. The van der Waals surface area contributed by atoms with Crippen LogP contribution in [-0.2, 0) is 17.6 Å². The number of carbonyl (C=O) groups excluding carboxylic acids is 1. The number of nitrogens with zero attached hydrogens (tertiary/aromatic N) is 3. The lowest BCUT2D eigenvalue weighted by Crippen LogP contribution is -2.48. The monoisotopic (exact) mass is 494 g/mol. The number of pyridine rings is 1. The number of amides is 1. The lowest BCUT2D eigenvalue weighted by atomic mass is 9.92. The number of hydrogen-bond donors (Lipinski definition) is 1. The molecule has 2 aliphatic rings. The molecule has 1 saturated heterocycles. The van der Waals surface area contributed by atoms with Crippen molar-refractivity contribution >= 4 is 12.0 Å². The Bertz CT molecular complexity index is 1140. The normalized spacial score (nSPS) is 16.8. The van der Waals surface area contributed by atoms with Crippen molar-refractivity contribution in [1.29, 1.82) is 0 Å². The number of carbonyl (C=O) groups is 1. The van der Waals surface area contributed by atoms with Crippen LogP contribution in [-0.4, -0.2) is 60.0 Å². The van der Waals surface area contributed by atoms with Crippen LogP contribution in [0.2, 0.25) is 0 Å². The number of benzene rings is 2. The van der Waals surface area contributed by atoms with Gasteiger partial charge < -0.3 is 10.2 Å². The van der Waals surface area contributed by atoms with E-state index in [0.29, 0.717) is 6.04 Å². The second kappa shape index (κ2) is 12.8. The number of piperazine rings is 1. The van der Waals surface area contributed by atoms with Gasteiger partial charge in [-0.1, -0.05) is 61.0 Å². The smallest absolute Gasteiger partial charge is 0.243 e. The van der Waals surface area contributed by atoms with Crippen LogP contribution in [0.3, 0.4) is 0 Å². The van der Waals surface area contributed by atoms with Crippen molar-refractivity contribution in [1.82, 2.24) is 20.1 Å². The minimum Gasteiger partial charge on any atom is -0.353 e. The van der Waals surface area contributed by atoms with E-state index in [0.717, 1.165) is 70.5 Å². The molecule has 0 atom stereocenters. The summed E-state index contributed by atoms with van der Waals surface area (Å²) >= 11 is 0. The van der Waals surface area contributed by atoms with E-state index in [2.05, 4.69) is 68.6 Å². The van der Waals surface area contributed by atoms with Gasteiger partial charge in [-0.2, -0.15) is 0 Å². The molecule has 2 heterocycles. The Morgan fingerprint density at radius 2 is 1.57 bits per heavy atom. The summed E-state index contributed by atoms with van der Waals surface area (Å²) in [4.78, 5) is 21.4. The Balaban J connectivity index is 1.05. The first-order chi connectivity index (χ1) is 18.3. The van der Waals surface area contributed by atoms with Crippen molar-refractivity contribution in [2.45, 2.75) is 38.1 Å². The molecule has 2 aromatic carbocycles. The average molecular weight is 495 g/mol. The number of aromatic nitrogens is 1. The van der Waals surface area contributed by atoms with Crippen molar-refractivity contribution in [3.8, 4) is 0 Å². The average Bonchev–Trinajstić information content (AvgIpc) is 3.12. The SMILES string of the molecule is O=C(C=Cc1cccnc1)NCCCCCN1CCN(C2c3ccccc3CCc3ccccc32)CC1. The van der Waals surface area contributed by atoms with Crippen LogP contribution in [0.4, 0.5) is 0 Å². The Morgan fingerprint density at radius 1 is 0.865 bits per heavy atom. The molecule has 1 aliphatic carbocycles. The zero-order chi connectivity index (χ0) is 25.3. The molecule has 5 heteroatoms. The summed E-state index contributed by atoms with van der Waals surface area (Å²) < 4.78 is 0. The van der Waals surface area contributed by atoms with E-state index in [1.165, 1.54) is 28.7 Å². The van der Waals surface area contributed by atoms with Gasteiger partial charge in [0.25, 0.3) is 0 Å². The summed E-state index contributed by atoms with van der Waals surface area (Å²) in [6.07, 6.45) is 12.5. The first-order valence-electron chi connectivity index (χ1n) is 13.8. The lowest BCUT2D eigenvalue weighted by molar-refractivity contribution is -0.116. The number of rotatable bonds is 9. The lowest BCUT2D eigenvalue weighted by Gasteiger charge is -2.40. The second-order valence-corrected chi connectivity index (χ2v) is 10.1. The predicted octanol–water partition coefficient (Wildman–Crippen LogP) is 4.89. The van der Waals surface area contributed by atoms with Gasteiger partial charge in [-0.15, -0.1) is 0 Å². The van der Waals surface area contributed by atoms with Crippen LogP contribution in [0.5, 0.6) is 0 Å². The number of nitrogens with one attached hydrogen (secondary N) is 1. The maximum atomic E-state index is 12.0. The van der Waals surface area contributed by atoms with Crippen LogP contribution < -0.4 is 5.32 Å². The fourth-order valence-electron chi connectivity index (χ4n) is 5.69.